The summed E-state index contributed by atoms with van der Waals surface area (Å²) in [5, 5.41) is 12.5. The molecule has 1 saturated heterocycles. The van der Waals surface area contributed by atoms with Crippen molar-refractivity contribution in [2.45, 2.75) is 17.7 Å². The number of esters is 1. The number of sulfonamides is 1. The van der Waals surface area contributed by atoms with Crippen molar-refractivity contribution in [3.05, 3.63) is 53.6 Å². The van der Waals surface area contributed by atoms with E-state index in [0.29, 0.717) is 13.1 Å². The average Bonchev–Trinajstić information content (AvgIpc) is 3.24. The molecule has 0 aromatic heterocycles. The number of hydrogen-bond donors (Lipinski definition) is 2. The van der Waals surface area contributed by atoms with Crippen molar-refractivity contribution < 1.29 is 27.9 Å². The van der Waals surface area contributed by atoms with Crippen LogP contribution in [0, 0.1) is 0 Å². The van der Waals surface area contributed by atoms with Crippen molar-refractivity contribution in [1.29, 1.82) is 0 Å². The lowest BCUT2D eigenvalue weighted by molar-refractivity contribution is 0.0600. The molecule has 3 rings (SSSR count). The molecule has 28 heavy (non-hydrogen) atoms. The smallest absolute Gasteiger partial charge is 0.337 e. The summed E-state index contributed by atoms with van der Waals surface area (Å²) in [4.78, 5) is 24.1. The van der Waals surface area contributed by atoms with Crippen molar-refractivity contribution in [1.82, 2.24) is 4.31 Å². The molecule has 9 heteroatoms. The molecule has 0 unspecified atom stereocenters. The highest BCUT2D eigenvalue weighted by Gasteiger charge is 2.28. The second-order valence-corrected chi connectivity index (χ2v) is 8.25. The molecular formula is C19H20N2O6S. The number of rotatable bonds is 5. The van der Waals surface area contributed by atoms with E-state index in [1.54, 1.807) is 0 Å². The summed E-state index contributed by atoms with van der Waals surface area (Å²) in [6.07, 6.45) is 1.61. The molecule has 0 atom stereocenters. The van der Waals surface area contributed by atoms with Crippen LogP contribution in [0.4, 0.5) is 5.69 Å². The van der Waals surface area contributed by atoms with Crippen LogP contribution in [-0.2, 0) is 14.8 Å². The summed E-state index contributed by atoms with van der Waals surface area (Å²) in [5.74, 6) is -1.45. The van der Waals surface area contributed by atoms with Crippen LogP contribution in [0.5, 0.6) is 5.75 Å². The van der Waals surface area contributed by atoms with E-state index >= 15 is 0 Å². The highest BCUT2D eigenvalue weighted by atomic mass is 32.2. The van der Waals surface area contributed by atoms with E-state index in [0.717, 1.165) is 12.8 Å². The lowest BCUT2D eigenvalue weighted by atomic mass is 10.1. The standard InChI is InChI=1S/C19H20N2O6S/c1-27-19(24)14-6-4-5-13(11-14)18(23)20-16-12-15(7-8-17(16)22)28(25,26)21-9-2-3-10-21/h4-8,11-12,22H,2-3,9-10H2,1H3,(H,20,23). The lowest BCUT2D eigenvalue weighted by Gasteiger charge is -2.16. The van der Waals surface area contributed by atoms with Gasteiger partial charge in [0.25, 0.3) is 5.91 Å². The van der Waals surface area contributed by atoms with Gasteiger partial charge in [-0.05, 0) is 49.2 Å². The first kappa shape index (κ1) is 19.8. The summed E-state index contributed by atoms with van der Waals surface area (Å²) in [7, 11) is -2.45. The zero-order chi connectivity index (χ0) is 20.3. The SMILES string of the molecule is COC(=O)c1cccc(C(=O)Nc2cc(S(=O)(=O)N3CCCC3)ccc2O)c1. The molecule has 0 saturated carbocycles. The highest BCUT2D eigenvalue weighted by Crippen LogP contribution is 2.29. The third-order valence-electron chi connectivity index (χ3n) is 4.46. The maximum atomic E-state index is 12.7. The molecule has 2 N–H and O–H groups in total. The molecule has 1 fully saturated rings. The molecule has 0 bridgehead atoms. The number of nitrogens with zero attached hydrogens (tertiary/aromatic N) is 1. The van der Waals surface area contributed by atoms with Gasteiger partial charge in [0.05, 0.1) is 23.3 Å². The van der Waals surface area contributed by atoms with Crippen LogP contribution in [-0.4, -0.2) is 49.9 Å². The maximum Gasteiger partial charge on any atom is 0.337 e. The molecular weight excluding hydrogens is 384 g/mol. The largest absolute Gasteiger partial charge is 0.506 e. The van der Waals surface area contributed by atoms with E-state index < -0.39 is 21.9 Å². The summed E-state index contributed by atoms with van der Waals surface area (Å²) in [6.45, 7) is 0.899. The zero-order valence-electron chi connectivity index (χ0n) is 15.2. The number of amides is 1. The van der Waals surface area contributed by atoms with Crippen LogP contribution >= 0.6 is 0 Å². The third kappa shape index (κ3) is 4.00. The fourth-order valence-electron chi connectivity index (χ4n) is 2.95. The van der Waals surface area contributed by atoms with Gasteiger partial charge in [-0.2, -0.15) is 4.31 Å². The molecule has 1 amide bonds. The van der Waals surface area contributed by atoms with Gasteiger partial charge in [0.2, 0.25) is 10.0 Å². The van der Waals surface area contributed by atoms with Crippen molar-refractivity contribution in [3.8, 4) is 5.75 Å². The second kappa shape index (κ2) is 7.99. The first-order valence-corrected chi connectivity index (χ1v) is 10.1. The lowest BCUT2D eigenvalue weighted by Crippen LogP contribution is -2.28. The minimum Gasteiger partial charge on any atom is -0.506 e. The molecule has 0 radical (unpaired) electrons. The van der Waals surface area contributed by atoms with Crippen LogP contribution in [0.3, 0.4) is 0 Å². The molecule has 0 spiro atoms. The molecule has 1 aliphatic rings. The number of hydrogen-bond acceptors (Lipinski definition) is 6. The minimum atomic E-state index is -3.69. The fourth-order valence-corrected chi connectivity index (χ4v) is 4.50. The van der Waals surface area contributed by atoms with E-state index in [-0.39, 0.29) is 27.5 Å². The molecule has 0 aliphatic carbocycles. The van der Waals surface area contributed by atoms with Crippen molar-refractivity contribution in [2.75, 3.05) is 25.5 Å². The Balaban J connectivity index is 1.86. The Kier molecular flexibility index (Phi) is 5.66. The first-order chi connectivity index (χ1) is 13.3. The fraction of sp³-hybridized carbons (Fsp3) is 0.263. The minimum absolute atomic E-state index is 0.00851. The summed E-state index contributed by atoms with van der Waals surface area (Å²) in [6, 6.07) is 9.62. The van der Waals surface area contributed by atoms with Gasteiger partial charge in [-0.1, -0.05) is 6.07 Å². The number of ether oxygens (including phenoxy) is 1. The maximum absolute atomic E-state index is 12.7. The number of methoxy groups -OCH3 is 1. The normalized spacial score (nSPS) is 14.6. The number of carbonyl (C=O) groups excluding carboxylic acids is 2. The number of phenols is 1. The van der Waals surface area contributed by atoms with E-state index in [2.05, 4.69) is 10.1 Å². The second-order valence-electron chi connectivity index (χ2n) is 6.32. The molecule has 1 aliphatic heterocycles. The van der Waals surface area contributed by atoms with E-state index in [1.165, 1.54) is 53.9 Å². The Hall–Kier alpha value is -2.91. The molecule has 2 aromatic carbocycles. The number of phenolic OH excluding ortho intramolecular Hbond substituents is 1. The predicted molar refractivity (Wildman–Crippen MR) is 102 cm³/mol. The Morgan fingerprint density at radius 2 is 1.75 bits per heavy atom. The predicted octanol–water partition coefficient (Wildman–Crippen LogP) is 2.22. The van der Waals surface area contributed by atoms with Crippen LogP contribution < -0.4 is 5.32 Å². The topological polar surface area (TPSA) is 113 Å². The third-order valence-corrected chi connectivity index (χ3v) is 6.36. The highest BCUT2D eigenvalue weighted by molar-refractivity contribution is 7.89. The van der Waals surface area contributed by atoms with Crippen molar-refractivity contribution >= 4 is 27.6 Å². The summed E-state index contributed by atoms with van der Waals surface area (Å²) < 4.78 is 31.4. The van der Waals surface area contributed by atoms with Crippen LogP contribution in [0.1, 0.15) is 33.6 Å². The number of carbonyl (C=O) groups is 2. The quantitative estimate of drug-likeness (QED) is 0.584. The number of aromatic hydroxyl groups is 1. The monoisotopic (exact) mass is 404 g/mol. The van der Waals surface area contributed by atoms with Gasteiger partial charge in [-0.25, -0.2) is 13.2 Å². The van der Waals surface area contributed by atoms with Gasteiger partial charge in [0, 0.05) is 18.7 Å². The average molecular weight is 404 g/mol. The van der Waals surface area contributed by atoms with E-state index in [4.69, 9.17) is 0 Å². The van der Waals surface area contributed by atoms with Gasteiger partial charge in [0.1, 0.15) is 5.75 Å². The zero-order valence-corrected chi connectivity index (χ0v) is 16.0. The Bertz CT molecular complexity index is 1010. The summed E-state index contributed by atoms with van der Waals surface area (Å²) in [5.41, 5.74) is 0.327. The van der Waals surface area contributed by atoms with E-state index in [9.17, 15) is 23.1 Å². The number of benzene rings is 2. The van der Waals surface area contributed by atoms with Gasteiger partial charge >= 0.3 is 5.97 Å². The molecule has 8 nitrogen and oxygen atoms in total. The van der Waals surface area contributed by atoms with Gasteiger partial charge in [-0.15, -0.1) is 0 Å². The van der Waals surface area contributed by atoms with Crippen molar-refractivity contribution in [2.24, 2.45) is 0 Å². The first-order valence-electron chi connectivity index (χ1n) is 8.66. The van der Waals surface area contributed by atoms with E-state index in [1.807, 2.05) is 0 Å². The summed E-state index contributed by atoms with van der Waals surface area (Å²) >= 11 is 0. The van der Waals surface area contributed by atoms with Gasteiger partial charge in [0.15, 0.2) is 0 Å². The molecule has 1 heterocycles. The molecule has 148 valence electrons. The van der Waals surface area contributed by atoms with Gasteiger partial charge in [-0.3, -0.25) is 4.79 Å². The van der Waals surface area contributed by atoms with Crippen LogP contribution in [0.2, 0.25) is 0 Å². The van der Waals surface area contributed by atoms with Crippen LogP contribution in [0.15, 0.2) is 47.4 Å². The Morgan fingerprint density at radius 1 is 1.07 bits per heavy atom. The Labute approximate surface area is 162 Å². The number of nitrogens with one attached hydrogen (secondary N) is 1. The Morgan fingerprint density at radius 3 is 2.43 bits per heavy atom. The van der Waals surface area contributed by atoms with Gasteiger partial charge < -0.3 is 15.2 Å². The number of anilines is 1. The van der Waals surface area contributed by atoms with Crippen LogP contribution in [0.25, 0.3) is 0 Å². The molecule has 2 aromatic rings. The van der Waals surface area contributed by atoms with Crippen molar-refractivity contribution in [3.63, 3.8) is 0 Å².